The molecule has 3 aromatic rings. The number of carbonyl (C=O) groups is 2. The number of likely N-dealkylation sites (N-methyl/N-ethyl adjacent to an activating group) is 1. The van der Waals surface area contributed by atoms with E-state index in [1.165, 1.54) is 0 Å². The minimum atomic E-state index is -1.03. The first-order valence-electron chi connectivity index (χ1n) is 12.9. The van der Waals surface area contributed by atoms with Crippen LogP contribution in [0.25, 0.3) is 22.2 Å². The molecule has 0 unspecified atom stereocenters. The van der Waals surface area contributed by atoms with Gasteiger partial charge in [-0.2, -0.15) is 0 Å². The van der Waals surface area contributed by atoms with E-state index in [1.54, 1.807) is 25.3 Å². The summed E-state index contributed by atoms with van der Waals surface area (Å²) in [5.41, 5.74) is 4.39. The fourth-order valence-corrected chi connectivity index (χ4v) is 5.86. The summed E-state index contributed by atoms with van der Waals surface area (Å²) in [5, 5.41) is 10.5. The molecule has 1 aromatic heterocycles. The molecule has 2 aliphatic rings. The fourth-order valence-electron chi connectivity index (χ4n) is 5.86. The van der Waals surface area contributed by atoms with Gasteiger partial charge in [-0.1, -0.05) is 18.9 Å². The van der Waals surface area contributed by atoms with Gasteiger partial charge in [0.25, 0.3) is 0 Å². The fraction of sp³-hybridized carbons (Fsp3) is 0.448. The normalized spacial score (nSPS) is 19.9. The van der Waals surface area contributed by atoms with Crippen molar-refractivity contribution in [1.29, 1.82) is 0 Å². The van der Waals surface area contributed by atoms with E-state index >= 15 is 4.39 Å². The van der Waals surface area contributed by atoms with Gasteiger partial charge in [0.05, 0.1) is 23.9 Å². The molecular formula is C29H34FN3O4. The number of rotatable bonds is 6. The van der Waals surface area contributed by atoms with Crippen LogP contribution in [0.15, 0.2) is 36.4 Å². The number of nitrogens with zero attached hydrogens (tertiary/aromatic N) is 3. The number of hydrogen-bond donors (Lipinski definition) is 1. The number of aromatic carboxylic acids is 1. The molecule has 7 nitrogen and oxygen atoms in total. The van der Waals surface area contributed by atoms with Crippen LogP contribution in [-0.4, -0.2) is 71.8 Å². The predicted molar refractivity (Wildman–Crippen MR) is 141 cm³/mol. The summed E-state index contributed by atoms with van der Waals surface area (Å²) in [6, 6.07) is 10.9. The summed E-state index contributed by atoms with van der Waals surface area (Å²) < 4.78 is 23.0. The molecule has 0 bridgehead atoms. The van der Waals surface area contributed by atoms with Gasteiger partial charge in [-0.25, -0.2) is 9.18 Å². The maximum Gasteiger partial charge on any atom is 0.335 e. The van der Waals surface area contributed by atoms with Crippen LogP contribution in [-0.2, 0) is 17.9 Å². The van der Waals surface area contributed by atoms with Crippen molar-refractivity contribution in [3.8, 4) is 17.0 Å². The molecule has 196 valence electrons. The number of ether oxygens (including phenoxy) is 1. The number of hydrogen-bond acceptors (Lipinski definition) is 4. The zero-order chi connectivity index (χ0) is 26.3. The third kappa shape index (κ3) is 4.70. The van der Waals surface area contributed by atoms with Gasteiger partial charge in [0.1, 0.15) is 18.5 Å². The van der Waals surface area contributed by atoms with Crippen LogP contribution in [0.3, 0.4) is 0 Å². The van der Waals surface area contributed by atoms with Gasteiger partial charge in [-0.3, -0.25) is 4.79 Å². The van der Waals surface area contributed by atoms with Crippen LogP contribution < -0.4 is 4.74 Å². The summed E-state index contributed by atoms with van der Waals surface area (Å²) in [6.07, 6.45) is 2.06. The second kappa shape index (κ2) is 10.2. The summed E-state index contributed by atoms with van der Waals surface area (Å²) in [7, 11) is 5.56. The van der Waals surface area contributed by atoms with Crippen molar-refractivity contribution in [2.24, 2.45) is 0 Å². The van der Waals surface area contributed by atoms with Crippen LogP contribution in [0, 0.1) is 0 Å². The van der Waals surface area contributed by atoms with Crippen LogP contribution in [0.1, 0.15) is 53.1 Å². The van der Waals surface area contributed by atoms with Gasteiger partial charge in [0.2, 0.25) is 5.91 Å². The number of benzene rings is 2. The SMILES string of the molecule is COc1ccc2c(c1)CN(CCN(C)C)C(=O)Cn1c-2c([C@H]2CCCC[C@@H]2F)c2ccc(C(=O)O)cc21. The highest BCUT2D eigenvalue weighted by molar-refractivity contribution is 5.99. The van der Waals surface area contributed by atoms with E-state index in [-0.39, 0.29) is 23.9 Å². The Bertz CT molecular complexity index is 1350. The van der Waals surface area contributed by atoms with Crippen molar-refractivity contribution >= 4 is 22.8 Å². The third-order valence-corrected chi connectivity index (χ3v) is 7.80. The number of methoxy groups -OCH3 is 1. The number of alkyl halides is 1. The molecule has 2 aromatic carbocycles. The van der Waals surface area contributed by atoms with Crippen molar-refractivity contribution in [3.05, 3.63) is 53.1 Å². The van der Waals surface area contributed by atoms with E-state index in [4.69, 9.17) is 4.74 Å². The first kappa shape index (κ1) is 25.3. The molecule has 1 N–H and O–H groups in total. The molecule has 1 saturated carbocycles. The van der Waals surface area contributed by atoms with E-state index in [0.29, 0.717) is 37.3 Å². The first-order valence-corrected chi connectivity index (χ1v) is 12.9. The molecule has 0 radical (unpaired) electrons. The van der Waals surface area contributed by atoms with Gasteiger partial charge < -0.3 is 24.2 Å². The lowest BCUT2D eigenvalue weighted by Gasteiger charge is -2.31. The monoisotopic (exact) mass is 507 g/mol. The molecule has 8 heteroatoms. The first-order chi connectivity index (χ1) is 17.8. The van der Waals surface area contributed by atoms with E-state index in [1.807, 2.05) is 46.7 Å². The molecule has 2 atom stereocenters. The number of halogens is 1. The van der Waals surface area contributed by atoms with Crippen molar-refractivity contribution in [2.75, 3.05) is 34.3 Å². The number of fused-ring (bicyclic) bond motifs is 5. The quantitative estimate of drug-likeness (QED) is 0.513. The highest BCUT2D eigenvalue weighted by Gasteiger charge is 2.35. The second-order valence-corrected chi connectivity index (χ2v) is 10.4. The Hall–Kier alpha value is -3.39. The molecule has 0 saturated heterocycles. The van der Waals surface area contributed by atoms with Crippen LogP contribution >= 0.6 is 0 Å². The average molecular weight is 508 g/mol. The molecule has 2 heterocycles. The van der Waals surface area contributed by atoms with E-state index in [2.05, 4.69) is 0 Å². The Kier molecular flexibility index (Phi) is 6.94. The van der Waals surface area contributed by atoms with Crippen LogP contribution in [0.5, 0.6) is 5.75 Å². The van der Waals surface area contributed by atoms with Crippen molar-refractivity contribution < 1.29 is 23.8 Å². The van der Waals surface area contributed by atoms with Crippen molar-refractivity contribution in [2.45, 2.75) is 50.9 Å². The summed E-state index contributed by atoms with van der Waals surface area (Å²) >= 11 is 0. The summed E-state index contributed by atoms with van der Waals surface area (Å²) in [4.78, 5) is 29.4. The van der Waals surface area contributed by atoms with Crippen molar-refractivity contribution in [3.63, 3.8) is 0 Å². The molecule has 1 fully saturated rings. The van der Waals surface area contributed by atoms with E-state index < -0.39 is 12.1 Å². The molecule has 5 rings (SSSR count). The summed E-state index contributed by atoms with van der Waals surface area (Å²) in [6.45, 7) is 1.76. The number of carbonyl (C=O) groups excluding carboxylic acids is 1. The molecule has 1 aliphatic heterocycles. The maximum absolute atomic E-state index is 15.5. The Morgan fingerprint density at radius 2 is 1.92 bits per heavy atom. The van der Waals surface area contributed by atoms with E-state index in [9.17, 15) is 14.7 Å². The minimum Gasteiger partial charge on any atom is -0.497 e. The standard InChI is InChI=1S/C29H34FN3O4/c1-31(2)12-13-32-16-19-14-20(37-3)9-11-21(19)28-27(22-6-4-5-7-24(22)30)23-10-8-18(29(35)36)15-25(23)33(28)17-26(32)34/h8-11,14-15,22,24H,4-7,12-13,16-17H2,1-3H3,(H,35,36)/t22-,24-/m0/s1. The zero-order valence-corrected chi connectivity index (χ0v) is 21.7. The van der Waals surface area contributed by atoms with Gasteiger partial charge in [-0.15, -0.1) is 0 Å². The molecule has 37 heavy (non-hydrogen) atoms. The van der Waals surface area contributed by atoms with Crippen molar-refractivity contribution in [1.82, 2.24) is 14.4 Å². The molecule has 1 aliphatic carbocycles. The highest BCUT2D eigenvalue weighted by atomic mass is 19.1. The average Bonchev–Trinajstić information content (AvgIpc) is 3.18. The second-order valence-electron chi connectivity index (χ2n) is 10.4. The topological polar surface area (TPSA) is 75.0 Å². The Morgan fingerprint density at radius 3 is 2.62 bits per heavy atom. The third-order valence-electron chi connectivity index (χ3n) is 7.80. The van der Waals surface area contributed by atoms with E-state index in [0.717, 1.165) is 47.0 Å². The summed E-state index contributed by atoms with van der Waals surface area (Å²) in [5.74, 6) is -0.702. The lowest BCUT2D eigenvalue weighted by atomic mass is 9.80. The van der Waals surface area contributed by atoms with Gasteiger partial charge >= 0.3 is 5.97 Å². The molecule has 1 amide bonds. The minimum absolute atomic E-state index is 0.0545. The Balaban J connectivity index is 1.79. The smallest absolute Gasteiger partial charge is 0.335 e. The highest BCUT2D eigenvalue weighted by Crippen LogP contribution is 2.47. The predicted octanol–water partition coefficient (Wildman–Crippen LogP) is 4.91. The number of amides is 1. The van der Waals surface area contributed by atoms with Gasteiger partial charge in [0.15, 0.2) is 0 Å². The largest absolute Gasteiger partial charge is 0.497 e. The van der Waals surface area contributed by atoms with Crippen LogP contribution in [0.4, 0.5) is 4.39 Å². The van der Waals surface area contributed by atoms with Gasteiger partial charge in [-0.05, 0) is 68.4 Å². The Labute approximate surface area is 216 Å². The zero-order valence-electron chi connectivity index (χ0n) is 21.7. The number of aromatic nitrogens is 1. The Morgan fingerprint density at radius 1 is 1.14 bits per heavy atom. The maximum atomic E-state index is 15.5. The lowest BCUT2D eigenvalue weighted by Crippen LogP contribution is -2.39. The lowest BCUT2D eigenvalue weighted by molar-refractivity contribution is -0.132. The molecule has 0 spiro atoms. The number of carboxylic acids is 1. The van der Waals surface area contributed by atoms with Gasteiger partial charge in [0, 0.05) is 36.5 Å². The molecular weight excluding hydrogens is 473 g/mol. The number of carboxylic acid groups (broad SMARTS) is 1. The van der Waals surface area contributed by atoms with Crippen LogP contribution in [0.2, 0.25) is 0 Å².